The minimum atomic E-state index is -4.61. The zero-order valence-electron chi connectivity index (χ0n) is 55.5. The van der Waals surface area contributed by atoms with Gasteiger partial charge in [0.2, 0.25) is 11.6 Å². The number of carbonyl (C=O) groups excluding carboxylic acids is 3. The molecule has 2 atom stereocenters. The van der Waals surface area contributed by atoms with Crippen molar-refractivity contribution < 1.29 is 59.3 Å². The maximum atomic E-state index is 13.0. The zero-order chi connectivity index (χ0) is 62.1. The van der Waals surface area contributed by atoms with Gasteiger partial charge in [-0.3, -0.25) is 23.4 Å². The van der Waals surface area contributed by atoms with Gasteiger partial charge in [-0.05, 0) is 57.2 Å². The Kier molecular flexibility index (Phi) is 40.1. The highest BCUT2D eigenvalue weighted by atomic mass is 35.5. The lowest BCUT2D eigenvalue weighted by Crippen LogP contribution is -3.00. The van der Waals surface area contributed by atoms with E-state index in [1.807, 2.05) is 0 Å². The summed E-state index contributed by atoms with van der Waals surface area (Å²) in [6.45, 7) is 13.4. The highest BCUT2D eigenvalue weighted by Gasteiger charge is 2.43. The third-order valence-corrected chi connectivity index (χ3v) is 18.5. The molecule has 0 bridgehead atoms. The Hall–Kier alpha value is -4.06. The number of anilines is 1. The Bertz CT molecular complexity index is 2420. The second-order valence-corrected chi connectivity index (χ2v) is 27.1. The average molecular weight is 1250 g/mol. The van der Waals surface area contributed by atoms with Gasteiger partial charge in [0.25, 0.3) is 0 Å². The summed E-state index contributed by atoms with van der Waals surface area (Å²) in [4.78, 5) is 51.7. The molecule has 4 rings (SSSR count). The highest BCUT2D eigenvalue weighted by molar-refractivity contribution is 7.47. The minimum Gasteiger partial charge on any atom is -1.00 e. The fraction of sp³-hybridized carbons (Fsp3) is 0.699. The van der Waals surface area contributed by atoms with Crippen LogP contribution >= 0.6 is 7.82 Å². The molecule has 2 heterocycles. The zero-order valence-corrected chi connectivity index (χ0v) is 57.2. The fourth-order valence-electron chi connectivity index (χ4n) is 12.3. The smallest absolute Gasteiger partial charge is 0.472 e. The molecule has 0 saturated carbocycles. The minimum absolute atomic E-state index is 0. The summed E-state index contributed by atoms with van der Waals surface area (Å²) in [6.07, 6.45) is 49.7. The van der Waals surface area contributed by atoms with Gasteiger partial charge in [-0.25, -0.2) is 4.57 Å². The van der Waals surface area contributed by atoms with Crippen LogP contribution in [-0.4, -0.2) is 79.1 Å². The van der Waals surface area contributed by atoms with E-state index in [0.29, 0.717) is 25.7 Å². The number of nitrogens with zero attached hydrogens (tertiary/aromatic N) is 2. The molecule has 2 aliphatic heterocycles. The Balaban J connectivity index is 0.0000198. The normalized spacial score (nSPS) is 15.7. The van der Waals surface area contributed by atoms with Gasteiger partial charge in [0.1, 0.15) is 13.7 Å². The van der Waals surface area contributed by atoms with Crippen LogP contribution in [0.25, 0.3) is 0 Å². The van der Waals surface area contributed by atoms with Crippen LogP contribution in [0.3, 0.4) is 0 Å². The van der Waals surface area contributed by atoms with Crippen LogP contribution in [0.1, 0.15) is 284 Å². The first-order chi connectivity index (χ1) is 41.6. The molecule has 1 amide bonds. The third kappa shape index (κ3) is 30.5. The summed E-state index contributed by atoms with van der Waals surface area (Å²) >= 11 is 0. The van der Waals surface area contributed by atoms with Gasteiger partial charge in [0, 0.05) is 66.9 Å². The molecule has 2 N–H and O–H groups in total. The number of fused-ring (bicyclic) bond motifs is 2. The molecule has 2 aromatic carbocycles. The summed E-state index contributed by atoms with van der Waals surface area (Å²) in [6, 6.07) is 17.2. The number of ether oxygens (including phenoxy) is 2. The van der Waals surface area contributed by atoms with Crippen LogP contribution in [0.4, 0.5) is 11.4 Å². The number of allylic oxidation sites excluding steroid dienone is 6. The van der Waals surface area contributed by atoms with E-state index in [0.717, 1.165) is 57.9 Å². The molecule has 14 heteroatoms. The first-order valence-corrected chi connectivity index (χ1v) is 36.0. The van der Waals surface area contributed by atoms with Crippen molar-refractivity contribution in [1.29, 1.82) is 0 Å². The lowest BCUT2D eigenvalue weighted by molar-refractivity contribution is -0.401. The lowest BCUT2D eigenvalue weighted by Gasteiger charge is -2.27. The first-order valence-electron chi connectivity index (χ1n) is 34.5. The number of halogens is 1. The topological polar surface area (TPSA) is 144 Å². The molecule has 0 saturated heterocycles. The van der Waals surface area contributed by atoms with Crippen molar-refractivity contribution in [3.8, 4) is 0 Å². The molecule has 0 aromatic heterocycles. The Labute approximate surface area is 535 Å². The summed E-state index contributed by atoms with van der Waals surface area (Å²) in [5.74, 6) is -1.04. The molecular weight excluding hydrogens is 1130 g/mol. The number of phosphoric acid groups is 1. The van der Waals surface area contributed by atoms with Crippen molar-refractivity contribution in [2.75, 3.05) is 44.9 Å². The van der Waals surface area contributed by atoms with E-state index < -0.39 is 32.5 Å². The van der Waals surface area contributed by atoms with Gasteiger partial charge in [-0.15, -0.1) is 0 Å². The Morgan fingerprint density at radius 1 is 0.575 bits per heavy atom. The molecule has 12 nitrogen and oxygen atoms in total. The van der Waals surface area contributed by atoms with Gasteiger partial charge in [-0.2, -0.15) is 4.58 Å². The van der Waals surface area contributed by atoms with E-state index in [9.17, 15) is 23.8 Å². The maximum Gasteiger partial charge on any atom is 0.472 e. The van der Waals surface area contributed by atoms with Gasteiger partial charge in [0.15, 0.2) is 11.8 Å². The molecule has 492 valence electrons. The van der Waals surface area contributed by atoms with Crippen LogP contribution < -0.4 is 22.6 Å². The predicted octanol–water partition coefficient (Wildman–Crippen LogP) is 16.3. The van der Waals surface area contributed by atoms with Crippen LogP contribution in [0.15, 0.2) is 84.6 Å². The Morgan fingerprint density at radius 2 is 1.05 bits per heavy atom. The second kappa shape index (κ2) is 45.2. The number of hydrogen-bond acceptors (Lipinski definition) is 9. The van der Waals surface area contributed by atoms with Gasteiger partial charge < -0.3 is 37.0 Å². The number of para-hydroxylation sites is 2. The molecule has 0 radical (unpaired) electrons. The molecule has 87 heavy (non-hydrogen) atoms. The number of unbranched alkanes of at least 4 members (excludes halogenated alkanes) is 30. The maximum absolute atomic E-state index is 13.0. The molecule has 0 spiro atoms. The van der Waals surface area contributed by atoms with E-state index in [-0.39, 0.29) is 61.7 Å². The molecule has 2 aromatic rings. The standard InChI is InChI=1S/C73H118N3O9P.ClH/c1-8-10-12-14-16-18-20-22-24-26-28-30-32-34-41-55-70(78)82-60-62(85-71(79)56-42-35-33-31-29-27-25-23-21-19-17-15-13-11-9-2)61-84-86(80,81)83-59-57-74-69(77)54-40-37-47-58-76-66-51-46-44-49-64(66)73(5,6)68(76)53-39-36-38-52-67-72(3,4)63-48-43-45-50-65(63)75(67)7;/h36,38-39,43-46,48-53,62H,8-35,37,40-42,47,54-61H2,1-7H3,(H-,74,77,80,81);1H/t62-;/m1./s1. The number of benzene rings is 2. The molecular formula is C73H119ClN3O9P. The predicted molar refractivity (Wildman–Crippen MR) is 357 cm³/mol. The van der Waals surface area contributed by atoms with E-state index in [1.165, 1.54) is 175 Å². The van der Waals surface area contributed by atoms with Crippen molar-refractivity contribution in [3.05, 3.63) is 95.7 Å². The monoisotopic (exact) mass is 1250 g/mol. The average Bonchev–Trinajstić information content (AvgIpc) is 1.69. The number of rotatable bonds is 51. The molecule has 0 fully saturated rings. The highest BCUT2D eigenvalue weighted by Crippen LogP contribution is 2.48. The van der Waals surface area contributed by atoms with Crippen molar-refractivity contribution in [2.24, 2.45) is 0 Å². The summed E-state index contributed by atoms with van der Waals surface area (Å²) in [7, 11) is -2.47. The number of nitrogens with one attached hydrogen (secondary N) is 1. The first kappa shape index (κ1) is 77.2. The van der Waals surface area contributed by atoms with Gasteiger partial charge in [0.05, 0.1) is 18.6 Å². The third-order valence-electron chi connectivity index (χ3n) is 17.6. The lowest BCUT2D eigenvalue weighted by atomic mass is 9.81. The van der Waals surface area contributed by atoms with Crippen molar-refractivity contribution >= 4 is 42.8 Å². The number of hydrogen-bond donors (Lipinski definition) is 2. The van der Waals surface area contributed by atoms with Crippen LogP contribution in [0.2, 0.25) is 0 Å². The quantitative estimate of drug-likeness (QED) is 0.0216. The van der Waals surface area contributed by atoms with Crippen LogP contribution in [0, 0.1) is 0 Å². The fourth-order valence-corrected chi connectivity index (χ4v) is 13.1. The largest absolute Gasteiger partial charge is 1.00 e. The number of carbonyl (C=O) groups is 3. The Morgan fingerprint density at radius 3 is 1.59 bits per heavy atom. The molecule has 1 unspecified atom stereocenters. The number of phosphoric ester groups is 1. The SMILES string of the molecule is CCCCCCCCCCCCCCCCCC(=O)OC[C@H](COP(=O)(O)OCCNC(=O)CCCCCN1/C(=C/C=C/C=C/C2=[N+](C)c3ccccc3C2(C)C)C(C)(C)c2ccccc21)OC(=O)CCCCCCCCCCCCCCCCC.[Cl-]. The van der Waals surface area contributed by atoms with Gasteiger partial charge in [-0.1, -0.05) is 269 Å². The van der Waals surface area contributed by atoms with Crippen molar-refractivity contribution in [2.45, 2.75) is 290 Å². The van der Waals surface area contributed by atoms with Crippen LogP contribution in [-0.2, 0) is 48.3 Å². The molecule has 2 aliphatic rings. The van der Waals surface area contributed by atoms with Crippen molar-refractivity contribution in [1.82, 2.24) is 5.32 Å². The second-order valence-electron chi connectivity index (χ2n) is 25.6. The summed E-state index contributed by atoms with van der Waals surface area (Å²) < 4.78 is 37.0. The van der Waals surface area contributed by atoms with E-state index >= 15 is 0 Å². The van der Waals surface area contributed by atoms with E-state index in [4.69, 9.17) is 18.5 Å². The number of amides is 1. The van der Waals surface area contributed by atoms with E-state index in [2.05, 4.69) is 142 Å². The molecule has 0 aliphatic carbocycles. The summed E-state index contributed by atoms with van der Waals surface area (Å²) in [5.41, 5.74) is 7.32. The van der Waals surface area contributed by atoms with Crippen LogP contribution in [0.5, 0.6) is 0 Å². The van der Waals surface area contributed by atoms with Gasteiger partial charge >= 0.3 is 19.8 Å². The van der Waals surface area contributed by atoms with Crippen molar-refractivity contribution in [3.63, 3.8) is 0 Å². The summed E-state index contributed by atoms with van der Waals surface area (Å²) in [5, 5.41) is 2.79. The number of esters is 2. The van der Waals surface area contributed by atoms with E-state index in [1.54, 1.807) is 0 Å².